The Morgan fingerprint density at radius 3 is 2.88 bits per heavy atom. The second-order valence-electron chi connectivity index (χ2n) is 4.02. The summed E-state index contributed by atoms with van der Waals surface area (Å²) in [5.74, 6) is -0.357. The van der Waals surface area contributed by atoms with Crippen LogP contribution in [0, 0.1) is 17.1 Å². The van der Waals surface area contributed by atoms with Crippen molar-refractivity contribution < 1.29 is 4.39 Å². The monoisotopic (exact) mass is 216 g/mol. The molecule has 2 nitrogen and oxygen atoms in total. The number of nitriles is 1. The van der Waals surface area contributed by atoms with Crippen molar-refractivity contribution in [1.82, 2.24) is 0 Å². The number of rotatable bonds is 1. The molecular weight excluding hydrogens is 203 g/mol. The topological polar surface area (TPSA) is 27.0 Å². The molecule has 1 aromatic rings. The van der Waals surface area contributed by atoms with Gasteiger partial charge in [0.2, 0.25) is 0 Å². The Labute approximate surface area is 94.6 Å². The fraction of sp³-hybridized carbons (Fsp3) is 0.308. The Balaban J connectivity index is 2.31. The summed E-state index contributed by atoms with van der Waals surface area (Å²) in [4.78, 5) is 2.10. The molecule has 2 rings (SSSR count). The van der Waals surface area contributed by atoms with Gasteiger partial charge >= 0.3 is 0 Å². The Morgan fingerprint density at radius 2 is 2.25 bits per heavy atom. The Morgan fingerprint density at radius 1 is 1.44 bits per heavy atom. The van der Waals surface area contributed by atoms with Gasteiger partial charge in [0, 0.05) is 13.1 Å². The van der Waals surface area contributed by atoms with E-state index in [0.717, 1.165) is 25.2 Å². The van der Waals surface area contributed by atoms with E-state index in [1.165, 1.54) is 17.7 Å². The Kier molecular flexibility index (Phi) is 2.91. The normalized spacial score (nSPS) is 15.6. The van der Waals surface area contributed by atoms with E-state index in [9.17, 15) is 4.39 Å². The molecule has 3 heteroatoms. The molecule has 0 saturated heterocycles. The standard InChI is InChI=1S/C13H13FN2/c1-10-4-6-16(7-5-10)13-3-2-12(14)8-11(13)9-15/h2-4,8H,5-7H2,1H3. The first-order valence-corrected chi connectivity index (χ1v) is 5.31. The Hall–Kier alpha value is -1.82. The van der Waals surface area contributed by atoms with Crippen molar-refractivity contribution in [2.45, 2.75) is 13.3 Å². The molecule has 16 heavy (non-hydrogen) atoms. The van der Waals surface area contributed by atoms with Gasteiger partial charge < -0.3 is 4.90 Å². The minimum absolute atomic E-state index is 0.357. The molecule has 0 aliphatic carbocycles. The van der Waals surface area contributed by atoms with Gasteiger partial charge in [-0.3, -0.25) is 0 Å². The van der Waals surface area contributed by atoms with Crippen LogP contribution in [-0.2, 0) is 0 Å². The van der Waals surface area contributed by atoms with Gasteiger partial charge in [-0.15, -0.1) is 0 Å². The molecule has 1 aliphatic rings. The number of hydrogen-bond donors (Lipinski definition) is 0. The van der Waals surface area contributed by atoms with Crippen LogP contribution in [0.3, 0.4) is 0 Å². The van der Waals surface area contributed by atoms with E-state index >= 15 is 0 Å². The first-order valence-electron chi connectivity index (χ1n) is 5.31. The maximum Gasteiger partial charge on any atom is 0.124 e. The van der Waals surface area contributed by atoms with E-state index < -0.39 is 0 Å². The number of halogens is 1. The van der Waals surface area contributed by atoms with E-state index in [1.807, 2.05) is 6.07 Å². The van der Waals surface area contributed by atoms with Gasteiger partial charge in [-0.25, -0.2) is 4.39 Å². The summed E-state index contributed by atoms with van der Waals surface area (Å²) in [6.45, 7) is 3.79. The largest absolute Gasteiger partial charge is 0.366 e. The van der Waals surface area contributed by atoms with Gasteiger partial charge in [0.15, 0.2) is 0 Å². The zero-order chi connectivity index (χ0) is 11.5. The highest BCUT2D eigenvalue weighted by atomic mass is 19.1. The van der Waals surface area contributed by atoms with Gasteiger partial charge in [-0.05, 0) is 31.5 Å². The number of hydrogen-bond acceptors (Lipinski definition) is 2. The van der Waals surface area contributed by atoms with Crippen molar-refractivity contribution >= 4 is 5.69 Å². The van der Waals surface area contributed by atoms with Crippen molar-refractivity contribution in [2.75, 3.05) is 18.0 Å². The third-order valence-corrected chi connectivity index (χ3v) is 2.86. The summed E-state index contributed by atoms with van der Waals surface area (Å²) >= 11 is 0. The zero-order valence-corrected chi connectivity index (χ0v) is 9.20. The predicted molar refractivity (Wildman–Crippen MR) is 61.7 cm³/mol. The quantitative estimate of drug-likeness (QED) is 0.675. The first-order chi connectivity index (χ1) is 7.70. The molecule has 0 N–H and O–H groups in total. The zero-order valence-electron chi connectivity index (χ0n) is 9.20. The van der Waals surface area contributed by atoms with Crippen LogP contribution in [0.1, 0.15) is 18.9 Å². The molecule has 0 amide bonds. The molecule has 1 aromatic carbocycles. The molecular formula is C13H13FN2. The molecule has 0 spiro atoms. The minimum atomic E-state index is -0.357. The fourth-order valence-corrected chi connectivity index (χ4v) is 1.86. The van der Waals surface area contributed by atoms with Crippen molar-refractivity contribution in [1.29, 1.82) is 5.26 Å². The van der Waals surface area contributed by atoms with Crippen LogP contribution in [0.5, 0.6) is 0 Å². The van der Waals surface area contributed by atoms with Crippen LogP contribution in [0.4, 0.5) is 10.1 Å². The summed E-state index contributed by atoms with van der Waals surface area (Å²) in [7, 11) is 0. The van der Waals surface area contributed by atoms with Crippen molar-refractivity contribution in [3.8, 4) is 6.07 Å². The molecule has 0 radical (unpaired) electrons. The van der Waals surface area contributed by atoms with Gasteiger partial charge in [0.05, 0.1) is 11.3 Å². The summed E-state index contributed by atoms with van der Waals surface area (Å²) in [6.07, 6.45) is 3.15. The van der Waals surface area contributed by atoms with E-state index in [-0.39, 0.29) is 5.82 Å². The molecule has 0 saturated carbocycles. The number of nitrogens with zero attached hydrogens (tertiary/aromatic N) is 2. The molecule has 1 heterocycles. The van der Waals surface area contributed by atoms with Gasteiger partial charge in [-0.2, -0.15) is 5.26 Å². The lowest BCUT2D eigenvalue weighted by Gasteiger charge is -2.28. The van der Waals surface area contributed by atoms with Crippen LogP contribution >= 0.6 is 0 Å². The fourth-order valence-electron chi connectivity index (χ4n) is 1.86. The molecule has 0 fully saturated rings. The van der Waals surface area contributed by atoms with Crippen LogP contribution in [-0.4, -0.2) is 13.1 Å². The van der Waals surface area contributed by atoms with Gasteiger partial charge in [-0.1, -0.05) is 11.6 Å². The lowest BCUT2D eigenvalue weighted by molar-refractivity contribution is 0.627. The van der Waals surface area contributed by atoms with Crippen LogP contribution in [0.2, 0.25) is 0 Å². The van der Waals surface area contributed by atoms with Crippen LogP contribution < -0.4 is 4.90 Å². The predicted octanol–water partition coefficient (Wildman–Crippen LogP) is 2.85. The molecule has 0 bridgehead atoms. The van der Waals surface area contributed by atoms with Crippen molar-refractivity contribution in [3.63, 3.8) is 0 Å². The maximum atomic E-state index is 13.0. The highest BCUT2D eigenvalue weighted by Gasteiger charge is 2.14. The summed E-state index contributed by atoms with van der Waals surface area (Å²) in [6, 6.07) is 6.42. The second-order valence-corrected chi connectivity index (χ2v) is 4.02. The van der Waals surface area contributed by atoms with Crippen LogP contribution in [0.25, 0.3) is 0 Å². The summed E-state index contributed by atoms with van der Waals surface area (Å²) < 4.78 is 13.0. The Bertz CT molecular complexity index is 471. The molecule has 82 valence electrons. The highest BCUT2D eigenvalue weighted by molar-refractivity contribution is 5.60. The van der Waals surface area contributed by atoms with E-state index in [4.69, 9.17) is 5.26 Å². The lowest BCUT2D eigenvalue weighted by Crippen LogP contribution is -2.28. The first kappa shape index (κ1) is 10.7. The average Bonchev–Trinajstić information content (AvgIpc) is 2.30. The third kappa shape index (κ3) is 2.06. The van der Waals surface area contributed by atoms with E-state index in [1.54, 1.807) is 6.07 Å². The highest BCUT2D eigenvalue weighted by Crippen LogP contribution is 2.24. The third-order valence-electron chi connectivity index (χ3n) is 2.86. The lowest BCUT2D eigenvalue weighted by atomic mass is 10.1. The SMILES string of the molecule is CC1=CCN(c2ccc(F)cc2C#N)CC1. The number of anilines is 1. The van der Waals surface area contributed by atoms with Gasteiger partial charge in [0.25, 0.3) is 0 Å². The molecule has 1 aliphatic heterocycles. The molecule has 0 aromatic heterocycles. The molecule has 0 atom stereocenters. The van der Waals surface area contributed by atoms with Gasteiger partial charge in [0.1, 0.15) is 11.9 Å². The van der Waals surface area contributed by atoms with Crippen molar-refractivity contribution in [3.05, 3.63) is 41.2 Å². The second kappa shape index (κ2) is 4.36. The summed E-state index contributed by atoms with van der Waals surface area (Å²) in [5, 5.41) is 8.97. The summed E-state index contributed by atoms with van der Waals surface area (Å²) in [5.41, 5.74) is 2.61. The average molecular weight is 216 g/mol. The minimum Gasteiger partial charge on any atom is -0.366 e. The molecule has 0 unspecified atom stereocenters. The smallest absolute Gasteiger partial charge is 0.124 e. The maximum absolute atomic E-state index is 13.0. The van der Waals surface area contributed by atoms with Crippen molar-refractivity contribution in [2.24, 2.45) is 0 Å². The van der Waals surface area contributed by atoms with E-state index in [2.05, 4.69) is 17.9 Å². The number of benzene rings is 1. The van der Waals surface area contributed by atoms with Crippen LogP contribution in [0.15, 0.2) is 29.8 Å². The van der Waals surface area contributed by atoms with E-state index in [0.29, 0.717) is 5.56 Å².